The molecular formula is C20H22N4O2S. The van der Waals surface area contributed by atoms with E-state index in [1.807, 2.05) is 24.3 Å². The van der Waals surface area contributed by atoms with Crippen molar-refractivity contribution in [2.75, 3.05) is 5.75 Å². The molecule has 0 unspecified atom stereocenters. The van der Waals surface area contributed by atoms with Crippen LogP contribution in [0.3, 0.4) is 0 Å². The molecule has 1 aliphatic carbocycles. The van der Waals surface area contributed by atoms with Crippen LogP contribution in [0.5, 0.6) is 5.75 Å². The molecule has 6 nitrogen and oxygen atoms in total. The Hall–Kier alpha value is -2.54. The second kappa shape index (κ2) is 7.60. The average Bonchev–Trinajstić information content (AvgIpc) is 3.47. The Bertz CT molecular complexity index is 1010. The van der Waals surface area contributed by atoms with Crippen LogP contribution in [0, 0.1) is 0 Å². The Balaban J connectivity index is 1.70. The van der Waals surface area contributed by atoms with Crippen molar-refractivity contribution in [1.29, 1.82) is 0 Å². The number of aromatic nitrogens is 4. The van der Waals surface area contributed by atoms with Crippen molar-refractivity contribution in [2.24, 2.45) is 7.05 Å². The van der Waals surface area contributed by atoms with Gasteiger partial charge in [-0.15, -0.1) is 11.8 Å². The highest BCUT2D eigenvalue weighted by atomic mass is 32.2. The second-order valence-electron chi connectivity index (χ2n) is 6.58. The first-order chi connectivity index (χ1) is 13.2. The number of thioether (sulfide) groups is 1. The van der Waals surface area contributed by atoms with Crippen molar-refractivity contribution in [2.45, 2.75) is 37.2 Å². The summed E-state index contributed by atoms with van der Waals surface area (Å²) in [5.41, 5.74) is 2.68. The third-order valence-corrected chi connectivity index (χ3v) is 5.65. The van der Waals surface area contributed by atoms with Gasteiger partial charge in [0, 0.05) is 17.5 Å². The van der Waals surface area contributed by atoms with Gasteiger partial charge in [-0.25, -0.2) is 4.79 Å². The number of rotatable bonds is 7. The predicted octanol–water partition coefficient (Wildman–Crippen LogP) is 3.53. The Kier molecular flexibility index (Phi) is 5.03. The van der Waals surface area contributed by atoms with E-state index in [-0.39, 0.29) is 5.69 Å². The number of tetrazole rings is 1. The molecule has 1 aliphatic rings. The minimum Gasteiger partial charge on any atom is -0.488 e. The van der Waals surface area contributed by atoms with E-state index < -0.39 is 0 Å². The normalized spacial score (nSPS) is 13.7. The van der Waals surface area contributed by atoms with E-state index in [0.717, 1.165) is 27.6 Å². The summed E-state index contributed by atoms with van der Waals surface area (Å²) in [6, 6.07) is 14.1. The lowest BCUT2D eigenvalue weighted by atomic mass is 10.1. The summed E-state index contributed by atoms with van der Waals surface area (Å²) < 4.78 is 8.80. The third-order valence-electron chi connectivity index (χ3n) is 4.67. The molecular weight excluding hydrogens is 360 g/mol. The number of ether oxygens (including phenoxy) is 1. The highest BCUT2D eigenvalue weighted by Gasteiger charge is 2.26. The zero-order chi connectivity index (χ0) is 18.8. The fourth-order valence-electron chi connectivity index (χ4n) is 3.15. The lowest BCUT2D eigenvalue weighted by Gasteiger charge is -2.16. The molecule has 0 bridgehead atoms. The van der Waals surface area contributed by atoms with Gasteiger partial charge >= 0.3 is 5.69 Å². The van der Waals surface area contributed by atoms with Crippen LogP contribution in [0.4, 0.5) is 0 Å². The van der Waals surface area contributed by atoms with Crippen molar-refractivity contribution in [3.05, 3.63) is 64.1 Å². The van der Waals surface area contributed by atoms with Crippen molar-refractivity contribution in [3.63, 3.8) is 0 Å². The number of benzene rings is 2. The van der Waals surface area contributed by atoms with E-state index in [9.17, 15) is 4.79 Å². The summed E-state index contributed by atoms with van der Waals surface area (Å²) in [7, 11) is 1.60. The molecule has 140 valence electrons. The Morgan fingerprint density at radius 1 is 1.15 bits per heavy atom. The zero-order valence-electron chi connectivity index (χ0n) is 15.5. The summed E-state index contributed by atoms with van der Waals surface area (Å²) in [6.07, 6.45) is 2.45. The van der Waals surface area contributed by atoms with E-state index in [1.54, 1.807) is 18.8 Å². The molecule has 0 spiro atoms. The summed E-state index contributed by atoms with van der Waals surface area (Å²) in [5.74, 6) is 2.47. The molecule has 2 aromatic carbocycles. The molecule has 7 heteroatoms. The lowest BCUT2D eigenvalue weighted by Crippen LogP contribution is -2.23. The summed E-state index contributed by atoms with van der Waals surface area (Å²) >= 11 is 1.73. The molecule has 4 rings (SSSR count). The SMILES string of the molecule is CCSc1cccc(-n2nnn(C)c2=O)c1COc1ccccc1C1CC1. The number of hydrogen-bond acceptors (Lipinski definition) is 5. The minimum absolute atomic E-state index is 0.270. The summed E-state index contributed by atoms with van der Waals surface area (Å²) in [4.78, 5) is 13.5. The van der Waals surface area contributed by atoms with Crippen LogP contribution in [0.25, 0.3) is 5.69 Å². The first-order valence-corrected chi connectivity index (χ1v) is 10.1. The van der Waals surface area contributed by atoms with E-state index in [1.165, 1.54) is 27.8 Å². The number of para-hydroxylation sites is 1. The van der Waals surface area contributed by atoms with Crippen molar-refractivity contribution in [1.82, 2.24) is 19.8 Å². The molecule has 1 heterocycles. The zero-order valence-corrected chi connectivity index (χ0v) is 16.3. The number of nitrogens with zero attached hydrogens (tertiary/aromatic N) is 4. The van der Waals surface area contributed by atoms with Crippen molar-refractivity contribution < 1.29 is 4.74 Å². The molecule has 1 aromatic heterocycles. The third kappa shape index (κ3) is 3.64. The largest absolute Gasteiger partial charge is 0.488 e. The molecule has 0 amide bonds. The predicted molar refractivity (Wildman–Crippen MR) is 106 cm³/mol. The molecule has 1 fully saturated rings. The van der Waals surface area contributed by atoms with Crippen LogP contribution in [0.1, 0.15) is 36.8 Å². The maximum absolute atomic E-state index is 12.4. The van der Waals surface area contributed by atoms with Gasteiger partial charge in [-0.3, -0.25) is 0 Å². The van der Waals surface area contributed by atoms with Gasteiger partial charge in [0.05, 0.1) is 5.69 Å². The number of hydrogen-bond donors (Lipinski definition) is 0. The fraction of sp³-hybridized carbons (Fsp3) is 0.350. The molecule has 27 heavy (non-hydrogen) atoms. The topological polar surface area (TPSA) is 61.9 Å². The van der Waals surface area contributed by atoms with Gasteiger partial charge < -0.3 is 4.74 Å². The van der Waals surface area contributed by atoms with Gasteiger partial charge in [0.25, 0.3) is 0 Å². The lowest BCUT2D eigenvalue weighted by molar-refractivity contribution is 0.299. The quantitative estimate of drug-likeness (QED) is 0.585. The first-order valence-electron chi connectivity index (χ1n) is 9.14. The van der Waals surface area contributed by atoms with Gasteiger partial charge in [-0.2, -0.15) is 9.36 Å². The first kappa shape index (κ1) is 17.9. The molecule has 0 N–H and O–H groups in total. The van der Waals surface area contributed by atoms with E-state index in [2.05, 4.69) is 35.5 Å². The highest BCUT2D eigenvalue weighted by Crippen LogP contribution is 2.44. The summed E-state index contributed by atoms with van der Waals surface area (Å²) in [5, 5.41) is 7.85. The average molecular weight is 382 g/mol. The van der Waals surface area contributed by atoms with Crippen LogP contribution in [-0.2, 0) is 13.7 Å². The standard InChI is InChI=1S/C20H22N4O2S/c1-3-27-19-10-6-8-17(24-20(25)23(2)21-22-24)16(19)13-26-18-9-5-4-7-15(18)14-11-12-14/h4-10,14H,3,11-13H2,1-2H3. The van der Waals surface area contributed by atoms with E-state index in [4.69, 9.17) is 4.74 Å². The Labute approximate surface area is 162 Å². The smallest absolute Gasteiger partial charge is 0.368 e. The van der Waals surface area contributed by atoms with Crippen LogP contribution in [0.15, 0.2) is 52.2 Å². The second-order valence-corrected chi connectivity index (χ2v) is 7.89. The van der Waals surface area contributed by atoms with Crippen molar-refractivity contribution >= 4 is 11.8 Å². The van der Waals surface area contributed by atoms with E-state index in [0.29, 0.717) is 12.5 Å². The molecule has 0 aliphatic heterocycles. The maximum Gasteiger partial charge on any atom is 0.368 e. The molecule has 0 saturated heterocycles. The van der Waals surface area contributed by atoms with Crippen LogP contribution in [-0.4, -0.2) is 25.5 Å². The van der Waals surface area contributed by atoms with Gasteiger partial charge in [0.15, 0.2) is 0 Å². The van der Waals surface area contributed by atoms with E-state index >= 15 is 0 Å². The Morgan fingerprint density at radius 2 is 1.96 bits per heavy atom. The van der Waals surface area contributed by atoms with Gasteiger partial charge in [0.2, 0.25) is 0 Å². The highest BCUT2D eigenvalue weighted by molar-refractivity contribution is 7.99. The van der Waals surface area contributed by atoms with Gasteiger partial charge in [-0.05, 0) is 58.7 Å². The van der Waals surface area contributed by atoms with Gasteiger partial charge in [-0.1, -0.05) is 31.2 Å². The fourth-order valence-corrected chi connectivity index (χ4v) is 3.97. The molecule has 0 atom stereocenters. The minimum atomic E-state index is -0.270. The van der Waals surface area contributed by atoms with Crippen LogP contribution < -0.4 is 10.4 Å². The Morgan fingerprint density at radius 3 is 2.67 bits per heavy atom. The molecule has 3 aromatic rings. The molecule has 0 radical (unpaired) electrons. The van der Waals surface area contributed by atoms with Gasteiger partial charge in [0.1, 0.15) is 12.4 Å². The van der Waals surface area contributed by atoms with Crippen LogP contribution >= 0.6 is 11.8 Å². The van der Waals surface area contributed by atoms with Crippen LogP contribution in [0.2, 0.25) is 0 Å². The number of aryl methyl sites for hydroxylation is 1. The van der Waals surface area contributed by atoms with Crippen molar-refractivity contribution in [3.8, 4) is 11.4 Å². The maximum atomic E-state index is 12.4. The monoisotopic (exact) mass is 382 g/mol. The summed E-state index contributed by atoms with van der Waals surface area (Å²) in [6.45, 7) is 2.49. The molecule has 1 saturated carbocycles.